The molecule has 0 aliphatic carbocycles. The van der Waals surface area contributed by atoms with Gasteiger partial charge in [0.15, 0.2) is 11.5 Å². The molecule has 0 aliphatic rings. The number of carbonyl (C=O) groups is 1. The number of amides is 1. The molecule has 0 saturated carbocycles. The fraction of sp³-hybridized carbons (Fsp3) is 0.381. The van der Waals surface area contributed by atoms with Crippen LogP contribution in [0.3, 0.4) is 0 Å². The molecule has 152 valence electrons. The van der Waals surface area contributed by atoms with Crippen molar-refractivity contribution in [1.29, 1.82) is 0 Å². The first-order valence-corrected chi connectivity index (χ1v) is 9.45. The van der Waals surface area contributed by atoms with Gasteiger partial charge in [-0.1, -0.05) is 30.7 Å². The predicted octanol–water partition coefficient (Wildman–Crippen LogP) is 4.31. The van der Waals surface area contributed by atoms with Crippen LogP contribution in [-0.4, -0.2) is 45.2 Å². The molecule has 1 N–H and O–H groups in total. The molecule has 7 heteroatoms. The van der Waals surface area contributed by atoms with Crippen molar-refractivity contribution in [2.75, 3.05) is 34.4 Å². The van der Waals surface area contributed by atoms with E-state index in [1.54, 1.807) is 24.3 Å². The van der Waals surface area contributed by atoms with Gasteiger partial charge in [0.25, 0.3) is 5.91 Å². The highest BCUT2D eigenvalue weighted by Crippen LogP contribution is 2.36. The van der Waals surface area contributed by atoms with Crippen LogP contribution < -0.4 is 14.8 Å². The smallest absolute Gasteiger partial charge is 0.251 e. The standard InChI is InChI=1S/C21H26ClFN2O3/c1-5-10-28-20-17(22)11-15(12-19(20)27-4)21(26)24-13-18(25(2)3)14-6-8-16(23)9-7-14/h6-9,11-12,18H,5,10,13H2,1-4H3,(H,24,26). The summed E-state index contributed by atoms with van der Waals surface area (Å²) >= 11 is 6.29. The number of ether oxygens (including phenoxy) is 2. The van der Waals surface area contributed by atoms with Gasteiger partial charge < -0.3 is 19.7 Å². The summed E-state index contributed by atoms with van der Waals surface area (Å²) in [6.45, 7) is 2.85. The Morgan fingerprint density at radius 2 is 1.93 bits per heavy atom. The lowest BCUT2D eigenvalue weighted by molar-refractivity contribution is 0.0941. The van der Waals surface area contributed by atoms with Gasteiger partial charge in [0.1, 0.15) is 5.82 Å². The maximum absolute atomic E-state index is 13.2. The number of rotatable bonds is 9. The second-order valence-corrected chi connectivity index (χ2v) is 6.99. The van der Waals surface area contributed by atoms with Gasteiger partial charge >= 0.3 is 0 Å². The van der Waals surface area contributed by atoms with Gasteiger partial charge in [-0.05, 0) is 50.3 Å². The van der Waals surface area contributed by atoms with Gasteiger partial charge in [0, 0.05) is 12.1 Å². The van der Waals surface area contributed by atoms with E-state index in [-0.39, 0.29) is 17.8 Å². The van der Waals surface area contributed by atoms with Gasteiger partial charge in [0.05, 0.1) is 24.8 Å². The van der Waals surface area contributed by atoms with Gasteiger partial charge in [-0.2, -0.15) is 0 Å². The normalized spacial score (nSPS) is 12.0. The molecule has 28 heavy (non-hydrogen) atoms. The molecule has 0 heterocycles. The molecule has 0 aliphatic heterocycles. The molecular weight excluding hydrogens is 383 g/mol. The number of benzene rings is 2. The Labute approximate surface area is 170 Å². The summed E-state index contributed by atoms with van der Waals surface area (Å²) in [6, 6.07) is 9.31. The van der Waals surface area contributed by atoms with E-state index in [0.29, 0.717) is 35.2 Å². The van der Waals surface area contributed by atoms with Crippen LogP contribution in [0, 0.1) is 5.82 Å². The minimum Gasteiger partial charge on any atom is -0.493 e. The van der Waals surface area contributed by atoms with E-state index < -0.39 is 0 Å². The molecule has 1 atom stereocenters. The van der Waals surface area contributed by atoms with Crippen molar-refractivity contribution in [3.05, 3.63) is 58.4 Å². The fourth-order valence-electron chi connectivity index (χ4n) is 2.77. The molecule has 1 amide bonds. The van der Waals surface area contributed by atoms with Crippen LogP contribution in [0.4, 0.5) is 4.39 Å². The van der Waals surface area contributed by atoms with Crippen LogP contribution >= 0.6 is 11.6 Å². The summed E-state index contributed by atoms with van der Waals surface area (Å²) in [6.07, 6.45) is 0.830. The largest absolute Gasteiger partial charge is 0.493 e. The van der Waals surface area contributed by atoms with E-state index in [2.05, 4.69) is 5.32 Å². The van der Waals surface area contributed by atoms with Crippen molar-refractivity contribution < 1.29 is 18.7 Å². The Balaban J connectivity index is 2.14. The average Bonchev–Trinajstić information content (AvgIpc) is 2.67. The third kappa shape index (κ3) is 5.59. The average molecular weight is 409 g/mol. The van der Waals surface area contributed by atoms with Crippen molar-refractivity contribution in [3.8, 4) is 11.5 Å². The van der Waals surface area contributed by atoms with E-state index in [1.807, 2.05) is 25.9 Å². The second-order valence-electron chi connectivity index (χ2n) is 6.58. The van der Waals surface area contributed by atoms with Crippen LogP contribution in [0.2, 0.25) is 5.02 Å². The van der Waals surface area contributed by atoms with Crippen LogP contribution in [0.5, 0.6) is 11.5 Å². The van der Waals surface area contributed by atoms with Crippen molar-refractivity contribution in [1.82, 2.24) is 10.2 Å². The molecule has 0 saturated heterocycles. The quantitative estimate of drug-likeness (QED) is 0.671. The van der Waals surface area contributed by atoms with Crippen molar-refractivity contribution in [2.24, 2.45) is 0 Å². The molecule has 0 fully saturated rings. The number of halogens is 2. The summed E-state index contributed by atoms with van der Waals surface area (Å²) in [5.74, 6) is 0.266. The zero-order valence-corrected chi connectivity index (χ0v) is 17.3. The van der Waals surface area contributed by atoms with E-state index in [4.69, 9.17) is 21.1 Å². The molecule has 1 unspecified atom stereocenters. The first-order valence-electron chi connectivity index (χ1n) is 9.07. The van der Waals surface area contributed by atoms with Crippen LogP contribution in [-0.2, 0) is 0 Å². The van der Waals surface area contributed by atoms with E-state index in [9.17, 15) is 9.18 Å². The molecule has 2 aromatic rings. The van der Waals surface area contributed by atoms with Gasteiger partial charge in [-0.15, -0.1) is 0 Å². The summed E-state index contributed by atoms with van der Waals surface area (Å²) in [5.41, 5.74) is 1.29. The SMILES string of the molecule is CCCOc1c(Cl)cc(C(=O)NCC(c2ccc(F)cc2)N(C)C)cc1OC. The van der Waals surface area contributed by atoms with Gasteiger partial charge in [0.2, 0.25) is 0 Å². The first-order chi connectivity index (χ1) is 13.4. The maximum Gasteiger partial charge on any atom is 0.251 e. The second kappa shape index (κ2) is 10.3. The summed E-state index contributed by atoms with van der Waals surface area (Å²) in [4.78, 5) is 14.6. The Bertz CT molecular complexity index is 797. The highest BCUT2D eigenvalue weighted by atomic mass is 35.5. The monoisotopic (exact) mass is 408 g/mol. The lowest BCUT2D eigenvalue weighted by Gasteiger charge is -2.25. The maximum atomic E-state index is 13.2. The number of nitrogens with one attached hydrogen (secondary N) is 1. The van der Waals surface area contributed by atoms with Crippen molar-refractivity contribution in [3.63, 3.8) is 0 Å². The van der Waals surface area contributed by atoms with Crippen LogP contribution in [0.15, 0.2) is 36.4 Å². The minimum absolute atomic E-state index is 0.103. The highest BCUT2D eigenvalue weighted by molar-refractivity contribution is 6.32. The Kier molecular flexibility index (Phi) is 8.08. The summed E-state index contributed by atoms with van der Waals surface area (Å²) in [5, 5.41) is 3.23. The Hall–Kier alpha value is -2.31. The third-order valence-electron chi connectivity index (χ3n) is 4.28. The lowest BCUT2D eigenvalue weighted by atomic mass is 10.1. The molecule has 0 aromatic heterocycles. The van der Waals surface area contributed by atoms with Crippen LogP contribution in [0.1, 0.15) is 35.3 Å². The minimum atomic E-state index is -0.294. The fourth-order valence-corrected chi connectivity index (χ4v) is 3.04. The molecule has 0 radical (unpaired) electrons. The zero-order valence-electron chi connectivity index (χ0n) is 16.6. The summed E-state index contributed by atoms with van der Waals surface area (Å²) in [7, 11) is 5.31. The van der Waals surface area contributed by atoms with Gasteiger partial charge in [-0.25, -0.2) is 4.39 Å². The van der Waals surface area contributed by atoms with Crippen molar-refractivity contribution >= 4 is 17.5 Å². The van der Waals surface area contributed by atoms with E-state index in [1.165, 1.54) is 19.2 Å². The molecule has 5 nitrogen and oxygen atoms in total. The van der Waals surface area contributed by atoms with E-state index >= 15 is 0 Å². The first kappa shape index (κ1) is 22.0. The van der Waals surface area contributed by atoms with Crippen molar-refractivity contribution in [2.45, 2.75) is 19.4 Å². The summed E-state index contributed by atoms with van der Waals surface area (Å²) < 4.78 is 24.1. The number of hydrogen-bond acceptors (Lipinski definition) is 4. The Morgan fingerprint density at radius 1 is 1.25 bits per heavy atom. The molecule has 0 bridgehead atoms. The topological polar surface area (TPSA) is 50.8 Å². The molecule has 2 rings (SSSR count). The molecular formula is C21H26ClFN2O3. The molecule has 0 spiro atoms. The Morgan fingerprint density at radius 3 is 2.50 bits per heavy atom. The lowest BCUT2D eigenvalue weighted by Crippen LogP contribution is -2.34. The van der Waals surface area contributed by atoms with Crippen LogP contribution in [0.25, 0.3) is 0 Å². The third-order valence-corrected chi connectivity index (χ3v) is 4.56. The number of likely N-dealkylation sites (N-methyl/N-ethyl adjacent to an activating group) is 1. The number of methoxy groups -OCH3 is 1. The van der Waals surface area contributed by atoms with E-state index in [0.717, 1.165) is 12.0 Å². The predicted molar refractivity (Wildman–Crippen MR) is 109 cm³/mol. The zero-order chi connectivity index (χ0) is 20.7. The number of nitrogens with zero attached hydrogens (tertiary/aromatic N) is 1. The van der Waals surface area contributed by atoms with Gasteiger partial charge in [-0.3, -0.25) is 4.79 Å². The number of carbonyl (C=O) groups excluding carboxylic acids is 1. The molecule has 2 aromatic carbocycles. The highest BCUT2D eigenvalue weighted by Gasteiger charge is 2.19. The number of hydrogen-bond donors (Lipinski definition) is 1.